The van der Waals surface area contributed by atoms with E-state index < -0.39 is 11.7 Å². The van der Waals surface area contributed by atoms with Crippen molar-refractivity contribution in [2.24, 2.45) is 35.0 Å². The van der Waals surface area contributed by atoms with E-state index in [2.05, 4.69) is 12.2 Å². The predicted octanol–water partition coefficient (Wildman–Crippen LogP) is 3.56. The van der Waals surface area contributed by atoms with Crippen LogP contribution < -0.4 is 5.32 Å². The molecule has 0 aromatic heterocycles. The molecule has 0 aromatic carbocycles. The lowest BCUT2D eigenvalue weighted by atomic mass is 9.60. The van der Waals surface area contributed by atoms with Crippen molar-refractivity contribution in [3.63, 3.8) is 0 Å². The Kier molecular flexibility index (Phi) is 9.06. The molecule has 8 heteroatoms. The average Bonchev–Trinajstić information content (AvgIpc) is 3.21. The number of hydrogen-bond acceptors (Lipinski definition) is 7. The molecule has 3 fully saturated rings. The third-order valence-electron chi connectivity index (χ3n) is 8.05. The summed E-state index contributed by atoms with van der Waals surface area (Å²) in [6.45, 7) is 9.04. The lowest BCUT2D eigenvalue weighted by Crippen LogP contribution is -2.49. The van der Waals surface area contributed by atoms with Crippen LogP contribution in [0.15, 0.2) is 0 Å². The van der Waals surface area contributed by atoms with Crippen LogP contribution in [0.5, 0.6) is 0 Å². The minimum atomic E-state index is -0.530. The SMILES string of the molecule is COCO[C@H]1C[C@@H](C)C[C@@H]2C[C@@H](OCOC)[C@H]3[C@H](CCNC(=O)OC(C)(C)C)[C@@H](CO)C[C@@]231. The molecular weight excluding hydrogens is 426 g/mol. The molecule has 0 aromatic rings. The maximum absolute atomic E-state index is 12.2. The van der Waals surface area contributed by atoms with E-state index in [1.165, 1.54) is 0 Å². The van der Waals surface area contributed by atoms with Gasteiger partial charge in [-0.15, -0.1) is 0 Å². The molecule has 1 amide bonds. The molecule has 33 heavy (non-hydrogen) atoms. The van der Waals surface area contributed by atoms with Gasteiger partial charge in [-0.05, 0) is 82.5 Å². The van der Waals surface area contributed by atoms with Gasteiger partial charge in [-0.25, -0.2) is 4.79 Å². The van der Waals surface area contributed by atoms with Gasteiger partial charge in [-0.2, -0.15) is 0 Å². The van der Waals surface area contributed by atoms with Gasteiger partial charge in [-0.3, -0.25) is 0 Å². The molecule has 0 saturated heterocycles. The zero-order valence-electron chi connectivity index (χ0n) is 21.3. The van der Waals surface area contributed by atoms with Crippen molar-refractivity contribution in [1.29, 1.82) is 0 Å². The first-order valence-electron chi connectivity index (χ1n) is 12.4. The summed E-state index contributed by atoms with van der Waals surface area (Å²) in [4.78, 5) is 12.2. The number of hydrogen-bond donors (Lipinski definition) is 2. The molecule has 0 heterocycles. The van der Waals surface area contributed by atoms with Gasteiger partial charge in [0, 0.05) is 32.8 Å². The van der Waals surface area contributed by atoms with Crippen LogP contribution in [0, 0.1) is 35.0 Å². The van der Waals surface area contributed by atoms with Crippen LogP contribution >= 0.6 is 0 Å². The fraction of sp³-hybridized carbons (Fsp3) is 0.960. The van der Waals surface area contributed by atoms with E-state index in [1.807, 2.05) is 20.8 Å². The number of aliphatic hydroxyl groups excluding tert-OH is 1. The van der Waals surface area contributed by atoms with E-state index in [-0.39, 0.29) is 55.6 Å². The third-order valence-corrected chi connectivity index (χ3v) is 8.05. The Bertz CT molecular complexity index is 639. The van der Waals surface area contributed by atoms with Gasteiger partial charge in [0.1, 0.15) is 19.2 Å². The number of carbonyl (C=O) groups excluding carboxylic acids is 1. The van der Waals surface area contributed by atoms with E-state index in [0.717, 1.165) is 32.1 Å². The average molecular weight is 472 g/mol. The minimum absolute atomic E-state index is 0.0482. The molecule has 2 N–H and O–H groups in total. The van der Waals surface area contributed by atoms with Crippen LogP contribution in [0.4, 0.5) is 4.79 Å². The highest BCUT2D eigenvalue weighted by Gasteiger charge is 2.68. The minimum Gasteiger partial charge on any atom is -0.444 e. The number of nitrogens with one attached hydrogen (secondary N) is 1. The molecule has 8 nitrogen and oxygen atoms in total. The summed E-state index contributed by atoms with van der Waals surface area (Å²) >= 11 is 0. The molecule has 8 atom stereocenters. The molecular formula is C25H45NO7. The topological polar surface area (TPSA) is 95.5 Å². The number of amides is 1. The standard InChI is InChI=1S/C25H45NO7/c1-16-9-18-11-20(31-14-29-5)22-19(7-8-26-23(28)33-24(2,3)4)17(13-27)12-25(18,22)21(10-16)32-15-30-6/h16-22,27H,7-15H2,1-6H3,(H,26,28)/t16-,17+,18+,19+,20+,21-,22+,25-/m0/s1. The fourth-order valence-electron chi connectivity index (χ4n) is 7.20. The third kappa shape index (κ3) is 5.84. The first kappa shape index (κ1) is 26.7. The Morgan fingerprint density at radius 1 is 1.09 bits per heavy atom. The maximum atomic E-state index is 12.2. The van der Waals surface area contributed by atoms with Crippen LogP contribution in [0.2, 0.25) is 0 Å². The zero-order valence-corrected chi connectivity index (χ0v) is 21.3. The molecule has 3 aliphatic rings. The van der Waals surface area contributed by atoms with E-state index in [9.17, 15) is 9.90 Å². The maximum Gasteiger partial charge on any atom is 0.407 e. The van der Waals surface area contributed by atoms with E-state index >= 15 is 0 Å². The second-order valence-electron chi connectivity index (χ2n) is 11.3. The number of ether oxygens (including phenoxy) is 5. The number of aliphatic hydroxyl groups is 1. The van der Waals surface area contributed by atoms with E-state index in [1.54, 1.807) is 14.2 Å². The Morgan fingerprint density at radius 2 is 1.79 bits per heavy atom. The molecule has 3 saturated carbocycles. The monoisotopic (exact) mass is 471 g/mol. The van der Waals surface area contributed by atoms with Gasteiger partial charge >= 0.3 is 6.09 Å². The van der Waals surface area contributed by atoms with Crippen molar-refractivity contribution in [2.75, 3.05) is 41.0 Å². The lowest BCUT2D eigenvalue weighted by molar-refractivity contribution is -0.169. The van der Waals surface area contributed by atoms with Gasteiger partial charge in [0.2, 0.25) is 0 Å². The predicted molar refractivity (Wildman–Crippen MR) is 123 cm³/mol. The van der Waals surface area contributed by atoms with Crippen molar-refractivity contribution < 1.29 is 33.6 Å². The number of carbonyl (C=O) groups is 1. The second-order valence-corrected chi connectivity index (χ2v) is 11.3. The summed E-state index contributed by atoms with van der Waals surface area (Å²) in [6.07, 6.45) is 4.54. The van der Waals surface area contributed by atoms with Crippen molar-refractivity contribution in [1.82, 2.24) is 5.32 Å². The Hall–Kier alpha value is -0.930. The summed E-state index contributed by atoms with van der Waals surface area (Å²) < 4.78 is 28.5. The summed E-state index contributed by atoms with van der Waals surface area (Å²) in [7, 11) is 3.31. The normalized spacial score (nSPS) is 38.1. The highest BCUT2D eigenvalue weighted by Crippen LogP contribution is 2.68. The van der Waals surface area contributed by atoms with Crippen LogP contribution in [0.25, 0.3) is 0 Å². The number of rotatable bonds is 10. The molecule has 3 rings (SSSR count). The first-order valence-corrected chi connectivity index (χ1v) is 12.4. The lowest BCUT2D eigenvalue weighted by Gasteiger charge is -2.49. The highest BCUT2D eigenvalue weighted by atomic mass is 16.7. The smallest absolute Gasteiger partial charge is 0.407 e. The van der Waals surface area contributed by atoms with Crippen LogP contribution in [0.1, 0.15) is 59.8 Å². The molecule has 0 bridgehead atoms. The highest BCUT2D eigenvalue weighted by molar-refractivity contribution is 5.67. The van der Waals surface area contributed by atoms with Crippen LogP contribution in [0.3, 0.4) is 0 Å². The Labute approximate surface area is 199 Å². The quantitative estimate of drug-likeness (QED) is 0.470. The van der Waals surface area contributed by atoms with Crippen LogP contribution in [-0.4, -0.2) is 70.0 Å². The van der Waals surface area contributed by atoms with Gasteiger partial charge in [0.05, 0.1) is 12.2 Å². The number of methoxy groups -OCH3 is 2. The fourth-order valence-corrected chi connectivity index (χ4v) is 7.20. The summed E-state index contributed by atoms with van der Waals surface area (Å²) in [6, 6.07) is 0. The second kappa shape index (κ2) is 11.2. The first-order chi connectivity index (χ1) is 15.7. The largest absolute Gasteiger partial charge is 0.444 e. The van der Waals surface area contributed by atoms with Gasteiger partial charge < -0.3 is 34.1 Å². The Morgan fingerprint density at radius 3 is 2.42 bits per heavy atom. The zero-order chi connectivity index (χ0) is 24.2. The summed E-state index contributed by atoms with van der Waals surface area (Å²) in [5, 5.41) is 13.3. The molecule has 1 spiro atoms. The van der Waals surface area contributed by atoms with Gasteiger partial charge in [0.25, 0.3) is 0 Å². The molecule has 0 aliphatic heterocycles. The molecule has 192 valence electrons. The van der Waals surface area contributed by atoms with E-state index in [0.29, 0.717) is 18.4 Å². The van der Waals surface area contributed by atoms with Crippen molar-refractivity contribution in [3.05, 3.63) is 0 Å². The van der Waals surface area contributed by atoms with Gasteiger partial charge in [-0.1, -0.05) is 6.92 Å². The van der Waals surface area contributed by atoms with Crippen molar-refractivity contribution in [3.8, 4) is 0 Å². The summed E-state index contributed by atoms with van der Waals surface area (Å²) in [5.74, 6) is 1.66. The molecule has 3 aliphatic carbocycles. The summed E-state index contributed by atoms with van der Waals surface area (Å²) in [5.41, 5.74) is -0.578. The van der Waals surface area contributed by atoms with Crippen molar-refractivity contribution in [2.45, 2.75) is 77.6 Å². The van der Waals surface area contributed by atoms with Crippen molar-refractivity contribution >= 4 is 6.09 Å². The van der Waals surface area contributed by atoms with E-state index in [4.69, 9.17) is 23.7 Å². The molecule has 0 unspecified atom stereocenters. The molecule has 0 radical (unpaired) electrons. The Balaban J connectivity index is 1.82. The number of alkyl carbamates (subject to hydrolysis) is 1. The van der Waals surface area contributed by atoms with Gasteiger partial charge in [0.15, 0.2) is 0 Å². The van der Waals surface area contributed by atoms with Crippen LogP contribution in [-0.2, 0) is 23.7 Å².